The Balaban J connectivity index is 1.93. The maximum Gasteiger partial charge on any atom is 0.337 e. The fourth-order valence-corrected chi connectivity index (χ4v) is 3.89. The van der Waals surface area contributed by atoms with Gasteiger partial charge in [-0.3, -0.25) is 20.3 Å². The predicted molar refractivity (Wildman–Crippen MR) is 115 cm³/mol. The number of benzene rings is 3. The summed E-state index contributed by atoms with van der Waals surface area (Å²) in [6, 6.07) is 7.24. The highest BCUT2D eigenvalue weighted by atomic mass is 32.2. The van der Waals surface area contributed by atoms with Crippen LogP contribution in [0.2, 0.25) is 0 Å². The number of nitro benzene ring substituents is 1. The average Bonchev–Trinajstić information content (AvgIpc) is 2.83. The highest BCUT2D eigenvalue weighted by molar-refractivity contribution is 7.92. The molecule has 0 aliphatic rings. The number of hydrogen-bond donors (Lipinski definition) is 3. The first kappa shape index (κ1) is 26.0. The molecule has 10 nitrogen and oxygen atoms in total. The second kappa shape index (κ2) is 9.95. The molecule has 3 aromatic carbocycles. The van der Waals surface area contributed by atoms with Crippen LogP contribution in [0, 0.1) is 39.2 Å². The molecule has 0 spiro atoms. The zero-order valence-corrected chi connectivity index (χ0v) is 18.1. The summed E-state index contributed by atoms with van der Waals surface area (Å²) in [5.74, 6) is -12.7. The molecule has 0 heterocycles. The zero-order valence-electron chi connectivity index (χ0n) is 17.3. The second-order valence-corrected chi connectivity index (χ2v) is 8.43. The minimum Gasteiger partial charge on any atom is -0.478 e. The van der Waals surface area contributed by atoms with Gasteiger partial charge in [0.05, 0.1) is 32.8 Å². The van der Waals surface area contributed by atoms with E-state index in [-0.39, 0.29) is 11.9 Å². The van der Waals surface area contributed by atoms with Crippen molar-refractivity contribution < 1.29 is 45.2 Å². The van der Waals surface area contributed by atoms with Crippen LogP contribution in [0.5, 0.6) is 0 Å². The SMILES string of the molecule is O=C(O)c1ccccc1NS(=O)(=O)c1ccc(NN=Cc2c(F)c(F)c(F)c(F)c2F)c([N+](=O)[O-])c1. The Morgan fingerprint density at radius 1 is 0.944 bits per heavy atom. The summed E-state index contributed by atoms with van der Waals surface area (Å²) in [5.41, 5.74) is -1.58. The summed E-state index contributed by atoms with van der Waals surface area (Å²) in [5, 5.41) is 23.8. The van der Waals surface area contributed by atoms with Crippen LogP contribution in [-0.2, 0) is 10.0 Å². The van der Waals surface area contributed by atoms with Gasteiger partial charge in [0.25, 0.3) is 15.7 Å². The van der Waals surface area contributed by atoms with E-state index in [9.17, 15) is 50.4 Å². The number of rotatable bonds is 8. The molecule has 0 aliphatic heterocycles. The van der Waals surface area contributed by atoms with Crippen LogP contribution in [-0.4, -0.2) is 30.6 Å². The van der Waals surface area contributed by atoms with Crippen LogP contribution >= 0.6 is 0 Å². The van der Waals surface area contributed by atoms with Crippen molar-refractivity contribution in [3.05, 3.63) is 92.8 Å². The van der Waals surface area contributed by atoms with Crippen LogP contribution in [0.15, 0.2) is 52.5 Å². The monoisotopic (exact) mass is 530 g/mol. The molecule has 0 atom stereocenters. The van der Waals surface area contributed by atoms with Crippen molar-refractivity contribution in [1.29, 1.82) is 0 Å². The molecule has 0 amide bonds. The lowest BCUT2D eigenvalue weighted by atomic mass is 10.2. The number of anilines is 2. The van der Waals surface area contributed by atoms with Crippen molar-refractivity contribution in [3.8, 4) is 0 Å². The van der Waals surface area contributed by atoms with Gasteiger partial charge >= 0.3 is 5.97 Å². The summed E-state index contributed by atoms with van der Waals surface area (Å²) in [6.07, 6.45) is 0.190. The number of hydrazone groups is 1. The van der Waals surface area contributed by atoms with Crippen LogP contribution < -0.4 is 10.1 Å². The van der Waals surface area contributed by atoms with E-state index in [2.05, 4.69) is 5.10 Å². The normalized spacial score (nSPS) is 11.5. The average molecular weight is 530 g/mol. The molecular weight excluding hydrogens is 519 g/mol. The van der Waals surface area contributed by atoms with E-state index in [0.29, 0.717) is 6.07 Å². The lowest BCUT2D eigenvalue weighted by molar-refractivity contribution is -0.384. The Labute approximate surface area is 197 Å². The Morgan fingerprint density at radius 2 is 1.53 bits per heavy atom. The highest BCUT2D eigenvalue weighted by Gasteiger charge is 2.26. The maximum absolute atomic E-state index is 13.7. The van der Waals surface area contributed by atoms with Crippen molar-refractivity contribution in [2.75, 3.05) is 10.1 Å². The van der Waals surface area contributed by atoms with Gasteiger partial charge in [0.2, 0.25) is 5.82 Å². The minimum atomic E-state index is -4.53. The minimum absolute atomic E-state index is 0.190. The number of carboxylic acids is 1. The molecule has 3 rings (SSSR count). The van der Waals surface area contributed by atoms with Gasteiger partial charge in [-0.05, 0) is 24.3 Å². The van der Waals surface area contributed by atoms with Gasteiger partial charge < -0.3 is 5.11 Å². The predicted octanol–water partition coefficient (Wildman–Crippen LogP) is 4.24. The smallest absolute Gasteiger partial charge is 0.337 e. The third kappa shape index (κ3) is 5.07. The molecule has 0 saturated carbocycles. The van der Waals surface area contributed by atoms with Crippen LogP contribution in [0.25, 0.3) is 0 Å². The van der Waals surface area contributed by atoms with E-state index in [4.69, 9.17) is 0 Å². The van der Waals surface area contributed by atoms with Gasteiger partial charge in [0.1, 0.15) is 5.69 Å². The van der Waals surface area contributed by atoms with Crippen LogP contribution in [0.1, 0.15) is 15.9 Å². The summed E-state index contributed by atoms with van der Waals surface area (Å²) < 4.78 is 94.4. The Morgan fingerprint density at radius 3 is 2.11 bits per heavy atom. The molecule has 188 valence electrons. The number of nitrogens with zero attached hydrogens (tertiary/aromatic N) is 2. The number of carbonyl (C=O) groups is 1. The lowest BCUT2D eigenvalue weighted by Gasteiger charge is -2.11. The highest BCUT2D eigenvalue weighted by Crippen LogP contribution is 2.29. The number of aromatic carboxylic acids is 1. The molecule has 0 aliphatic carbocycles. The standard InChI is InChI=1S/C20H11F5N4O6S/c21-15-11(16(22)18(24)19(25)17(15)23)8-26-27-13-6-5-9(7-14(13)29(32)33)36(34,35)28-12-4-2-1-3-10(12)20(30)31/h1-8,27-28H,(H,30,31). The third-order valence-electron chi connectivity index (χ3n) is 4.50. The number of sulfonamides is 1. The van der Waals surface area contributed by atoms with Gasteiger partial charge in [0, 0.05) is 6.07 Å². The summed E-state index contributed by atoms with van der Waals surface area (Å²) in [7, 11) is -4.53. The fraction of sp³-hybridized carbons (Fsp3) is 0. The van der Waals surface area contributed by atoms with Gasteiger partial charge in [-0.15, -0.1) is 0 Å². The first-order chi connectivity index (χ1) is 16.8. The zero-order chi connectivity index (χ0) is 26.8. The number of hydrogen-bond acceptors (Lipinski definition) is 7. The summed E-state index contributed by atoms with van der Waals surface area (Å²) in [6.45, 7) is 0. The van der Waals surface area contributed by atoms with E-state index in [1.165, 1.54) is 12.1 Å². The molecule has 3 aromatic rings. The largest absolute Gasteiger partial charge is 0.478 e. The molecular formula is C20H11F5N4O6S. The lowest BCUT2D eigenvalue weighted by Crippen LogP contribution is -2.16. The Hall–Kier alpha value is -4.60. The van der Waals surface area contributed by atoms with Gasteiger partial charge in [-0.2, -0.15) is 5.10 Å². The molecule has 0 aromatic heterocycles. The molecule has 0 bridgehead atoms. The Bertz CT molecular complexity index is 1500. The first-order valence-electron chi connectivity index (χ1n) is 9.29. The number of halogens is 5. The van der Waals surface area contributed by atoms with Crippen molar-refractivity contribution in [2.45, 2.75) is 4.90 Å². The maximum atomic E-state index is 13.7. The molecule has 3 N–H and O–H groups in total. The topological polar surface area (TPSA) is 151 Å². The molecule has 0 fully saturated rings. The molecule has 36 heavy (non-hydrogen) atoms. The van der Waals surface area contributed by atoms with Crippen LogP contribution in [0.3, 0.4) is 0 Å². The third-order valence-corrected chi connectivity index (χ3v) is 5.86. The van der Waals surface area contributed by atoms with E-state index in [1.54, 1.807) is 0 Å². The van der Waals surface area contributed by atoms with Crippen LogP contribution in [0.4, 0.5) is 39.0 Å². The number of para-hydroxylation sites is 1. The van der Waals surface area contributed by atoms with E-state index >= 15 is 0 Å². The fourth-order valence-electron chi connectivity index (χ4n) is 2.79. The summed E-state index contributed by atoms with van der Waals surface area (Å²) in [4.78, 5) is 21.0. The van der Waals surface area contributed by atoms with Crippen molar-refractivity contribution >= 4 is 39.3 Å². The van der Waals surface area contributed by atoms with E-state index in [0.717, 1.165) is 24.3 Å². The first-order valence-corrected chi connectivity index (χ1v) is 10.8. The van der Waals surface area contributed by atoms with E-state index in [1.807, 2.05) is 10.1 Å². The molecule has 0 unspecified atom stereocenters. The second-order valence-electron chi connectivity index (χ2n) is 6.75. The number of nitro groups is 1. The van der Waals surface area contributed by atoms with Crippen molar-refractivity contribution in [1.82, 2.24) is 0 Å². The summed E-state index contributed by atoms with van der Waals surface area (Å²) >= 11 is 0. The van der Waals surface area contributed by atoms with Crippen molar-refractivity contribution in [2.24, 2.45) is 5.10 Å². The Kier molecular flexibility index (Phi) is 7.19. The molecule has 16 heteroatoms. The van der Waals surface area contributed by atoms with Gasteiger partial charge in [-0.1, -0.05) is 12.1 Å². The number of nitrogens with one attached hydrogen (secondary N) is 2. The van der Waals surface area contributed by atoms with Crippen molar-refractivity contribution in [3.63, 3.8) is 0 Å². The number of carboxylic acid groups (broad SMARTS) is 1. The molecule has 0 saturated heterocycles. The molecule has 0 radical (unpaired) electrons. The van der Waals surface area contributed by atoms with E-state index < -0.39 is 77.4 Å². The van der Waals surface area contributed by atoms with Gasteiger partial charge in [-0.25, -0.2) is 35.2 Å². The van der Waals surface area contributed by atoms with Gasteiger partial charge in [0.15, 0.2) is 23.3 Å². The quantitative estimate of drug-likeness (QED) is 0.0984.